The van der Waals surface area contributed by atoms with Crippen LogP contribution in [0.4, 0.5) is 5.82 Å². The van der Waals surface area contributed by atoms with Crippen molar-refractivity contribution in [2.45, 2.75) is 19.9 Å². The van der Waals surface area contributed by atoms with Crippen LogP contribution in [-0.4, -0.2) is 14.8 Å². The molecule has 0 aromatic carbocycles. The number of aryl methyl sites for hydroxylation is 3. The van der Waals surface area contributed by atoms with E-state index in [1.165, 1.54) is 5.56 Å². The fourth-order valence-electron chi connectivity index (χ4n) is 1.44. The fourth-order valence-corrected chi connectivity index (χ4v) is 1.44. The van der Waals surface area contributed by atoms with Crippen molar-refractivity contribution in [2.24, 2.45) is 0 Å². The van der Waals surface area contributed by atoms with Crippen LogP contribution in [0.1, 0.15) is 11.1 Å². The van der Waals surface area contributed by atoms with Gasteiger partial charge in [-0.1, -0.05) is 6.07 Å². The summed E-state index contributed by atoms with van der Waals surface area (Å²) in [6.45, 7) is 2.80. The molecular formula is C11H14N4. The van der Waals surface area contributed by atoms with Crippen LogP contribution in [0.2, 0.25) is 0 Å². The third kappa shape index (κ3) is 2.34. The van der Waals surface area contributed by atoms with Crippen LogP contribution < -0.4 is 5.73 Å². The van der Waals surface area contributed by atoms with Gasteiger partial charge >= 0.3 is 0 Å². The van der Waals surface area contributed by atoms with Crippen molar-refractivity contribution in [2.75, 3.05) is 5.73 Å². The average molecular weight is 202 g/mol. The van der Waals surface area contributed by atoms with Gasteiger partial charge in [-0.3, -0.25) is 9.67 Å². The largest absolute Gasteiger partial charge is 0.382 e. The van der Waals surface area contributed by atoms with Gasteiger partial charge in [0.1, 0.15) is 5.82 Å². The molecule has 4 heteroatoms. The Morgan fingerprint density at radius 3 is 2.93 bits per heavy atom. The van der Waals surface area contributed by atoms with Crippen LogP contribution in [-0.2, 0) is 13.0 Å². The molecule has 0 aliphatic carbocycles. The van der Waals surface area contributed by atoms with Gasteiger partial charge in [-0.25, -0.2) is 0 Å². The predicted molar refractivity (Wildman–Crippen MR) is 59.3 cm³/mol. The second kappa shape index (κ2) is 4.13. The van der Waals surface area contributed by atoms with E-state index < -0.39 is 0 Å². The van der Waals surface area contributed by atoms with E-state index in [-0.39, 0.29) is 0 Å². The van der Waals surface area contributed by atoms with Crippen molar-refractivity contribution in [1.82, 2.24) is 14.8 Å². The Labute approximate surface area is 88.8 Å². The molecule has 0 unspecified atom stereocenters. The van der Waals surface area contributed by atoms with Gasteiger partial charge < -0.3 is 5.73 Å². The summed E-state index contributed by atoms with van der Waals surface area (Å²) in [5.41, 5.74) is 7.91. The Hall–Kier alpha value is -1.84. The lowest BCUT2D eigenvalue weighted by molar-refractivity contribution is 0.616. The monoisotopic (exact) mass is 202 g/mol. The molecule has 0 radical (unpaired) electrons. The maximum absolute atomic E-state index is 5.67. The first-order valence-electron chi connectivity index (χ1n) is 4.94. The zero-order chi connectivity index (χ0) is 10.7. The highest BCUT2D eigenvalue weighted by Gasteiger charge is 2.00. The SMILES string of the molecule is Cc1cn(CCc2cccnc2)nc1N. The molecule has 4 nitrogen and oxygen atoms in total. The standard InChI is InChI=1S/C11H14N4/c1-9-8-15(14-11(9)12)6-4-10-3-2-5-13-7-10/h2-3,5,7-8H,4,6H2,1H3,(H2,12,14). The molecule has 0 spiro atoms. The predicted octanol–water partition coefficient (Wildman–Crippen LogP) is 1.41. The first kappa shape index (κ1) is 9.71. The minimum atomic E-state index is 0.612. The molecule has 0 saturated heterocycles. The zero-order valence-electron chi connectivity index (χ0n) is 8.72. The van der Waals surface area contributed by atoms with Gasteiger partial charge in [-0.2, -0.15) is 5.10 Å². The van der Waals surface area contributed by atoms with Crippen LogP contribution in [0.3, 0.4) is 0 Å². The first-order valence-corrected chi connectivity index (χ1v) is 4.94. The molecule has 15 heavy (non-hydrogen) atoms. The summed E-state index contributed by atoms with van der Waals surface area (Å²) in [7, 11) is 0. The lowest BCUT2D eigenvalue weighted by Gasteiger charge is -2.00. The van der Waals surface area contributed by atoms with E-state index in [0.717, 1.165) is 18.5 Å². The van der Waals surface area contributed by atoms with E-state index in [1.807, 2.05) is 30.1 Å². The minimum absolute atomic E-state index is 0.612. The molecule has 2 heterocycles. The lowest BCUT2D eigenvalue weighted by atomic mass is 10.2. The van der Waals surface area contributed by atoms with Gasteiger partial charge in [-0.05, 0) is 25.0 Å². The molecule has 2 N–H and O–H groups in total. The Bertz CT molecular complexity index is 414. The summed E-state index contributed by atoms with van der Waals surface area (Å²) in [5.74, 6) is 0.612. The Morgan fingerprint density at radius 2 is 2.33 bits per heavy atom. The highest BCUT2D eigenvalue weighted by atomic mass is 15.3. The quantitative estimate of drug-likeness (QED) is 0.818. The van der Waals surface area contributed by atoms with Gasteiger partial charge in [0, 0.05) is 30.7 Å². The maximum atomic E-state index is 5.67. The van der Waals surface area contributed by atoms with Crippen LogP contribution >= 0.6 is 0 Å². The highest BCUT2D eigenvalue weighted by molar-refractivity contribution is 5.35. The van der Waals surface area contributed by atoms with Gasteiger partial charge in [0.05, 0.1) is 0 Å². The molecular weight excluding hydrogens is 188 g/mol. The van der Waals surface area contributed by atoms with Crippen LogP contribution in [0.5, 0.6) is 0 Å². The summed E-state index contributed by atoms with van der Waals surface area (Å²) in [6.07, 6.45) is 6.54. The summed E-state index contributed by atoms with van der Waals surface area (Å²) in [6, 6.07) is 4.00. The third-order valence-electron chi connectivity index (χ3n) is 2.34. The number of aromatic nitrogens is 3. The minimum Gasteiger partial charge on any atom is -0.382 e. The maximum Gasteiger partial charge on any atom is 0.148 e. The van der Waals surface area contributed by atoms with Crippen molar-refractivity contribution in [3.63, 3.8) is 0 Å². The molecule has 0 aliphatic rings. The second-order valence-electron chi connectivity index (χ2n) is 3.57. The summed E-state index contributed by atoms with van der Waals surface area (Å²) >= 11 is 0. The van der Waals surface area contributed by atoms with E-state index in [1.54, 1.807) is 6.20 Å². The molecule has 2 rings (SSSR count). The highest BCUT2D eigenvalue weighted by Crippen LogP contribution is 2.07. The van der Waals surface area contributed by atoms with Crippen LogP contribution in [0, 0.1) is 6.92 Å². The van der Waals surface area contributed by atoms with Crippen LogP contribution in [0.15, 0.2) is 30.7 Å². The first-order chi connectivity index (χ1) is 7.25. The molecule has 2 aromatic heterocycles. The molecule has 0 amide bonds. The lowest BCUT2D eigenvalue weighted by Crippen LogP contribution is -2.02. The van der Waals surface area contributed by atoms with Crippen molar-refractivity contribution in [3.8, 4) is 0 Å². The van der Waals surface area contributed by atoms with E-state index in [9.17, 15) is 0 Å². The Morgan fingerprint density at radius 1 is 1.47 bits per heavy atom. The number of hydrogen-bond donors (Lipinski definition) is 1. The fraction of sp³-hybridized carbons (Fsp3) is 0.273. The number of nitrogens with two attached hydrogens (primary N) is 1. The molecule has 2 aromatic rings. The van der Waals surface area contributed by atoms with Crippen LogP contribution in [0.25, 0.3) is 0 Å². The van der Waals surface area contributed by atoms with Crippen molar-refractivity contribution >= 4 is 5.82 Å². The second-order valence-corrected chi connectivity index (χ2v) is 3.57. The summed E-state index contributed by atoms with van der Waals surface area (Å²) in [5, 5.41) is 4.20. The van der Waals surface area contributed by atoms with Crippen molar-refractivity contribution < 1.29 is 0 Å². The van der Waals surface area contributed by atoms with Gasteiger partial charge in [0.25, 0.3) is 0 Å². The van der Waals surface area contributed by atoms with Gasteiger partial charge in [0.2, 0.25) is 0 Å². The zero-order valence-corrected chi connectivity index (χ0v) is 8.72. The molecule has 78 valence electrons. The number of rotatable bonds is 3. The van der Waals surface area contributed by atoms with Crippen molar-refractivity contribution in [1.29, 1.82) is 0 Å². The molecule has 0 bridgehead atoms. The Kier molecular flexibility index (Phi) is 2.67. The topological polar surface area (TPSA) is 56.7 Å². The molecule has 0 atom stereocenters. The number of hydrogen-bond acceptors (Lipinski definition) is 3. The van der Waals surface area contributed by atoms with E-state index >= 15 is 0 Å². The number of pyridine rings is 1. The third-order valence-corrected chi connectivity index (χ3v) is 2.34. The van der Waals surface area contributed by atoms with E-state index in [4.69, 9.17) is 5.73 Å². The summed E-state index contributed by atoms with van der Waals surface area (Å²) < 4.78 is 1.87. The summed E-state index contributed by atoms with van der Waals surface area (Å²) in [4.78, 5) is 4.07. The van der Waals surface area contributed by atoms with Gasteiger partial charge in [0.15, 0.2) is 0 Å². The normalized spacial score (nSPS) is 10.5. The average Bonchev–Trinajstić information content (AvgIpc) is 2.57. The van der Waals surface area contributed by atoms with E-state index in [2.05, 4.69) is 16.1 Å². The molecule has 0 fully saturated rings. The van der Waals surface area contributed by atoms with Crippen molar-refractivity contribution in [3.05, 3.63) is 41.9 Å². The Balaban J connectivity index is 1.99. The number of anilines is 1. The van der Waals surface area contributed by atoms with E-state index in [0.29, 0.717) is 5.82 Å². The van der Waals surface area contributed by atoms with Gasteiger partial charge in [-0.15, -0.1) is 0 Å². The number of nitrogens with zero attached hydrogens (tertiary/aromatic N) is 3. The molecule has 0 saturated carbocycles. The smallest absolute Gasteiger partial charge is 0.148 e. The number of nitrogen functional groups attached to an aromatic ring is 1. The molecule has 0 aliphatic heterocycles.